The van der Waals surface area contributed by atoms with Crippen LogP contribution in [0.4, 0.5) is 32.0 Å². The number of nitrogens with zero attached hydrogens (tertiary/aromatic N) is 1. The Morgan fingerprint density at radius 1 is 1.07 bits per heavy atom. The van der Waals surface area contributed by atoms with Gasteiger partial charge < -0.3 is 9.72 Å². The normalized spacial score (nSPS) is 12.1. The maximum Gasteiger partial charge on any atom is 0.419 e. The first-order valence-electron chi connectivity index (χ1n) is 7.90. The number of alkyl halides is 3. The molecule has 0 saturated heterocycles. The number of aromatic nitrogens is 2. The van der Waals surface area contributed by atoms with Crippen molar-refractivity contribution >= 4 is 15.7 Å². The quantitative estimate of drug-likeness (QED) is 0.566. The van der Waals surface area contributed by atoms with E-state index in [1.165, 1.54) is 7.11 Å². The van der Waals surface area contributed by atoms with Crippen molar-refractivity contribution in [3.63, 3.8) is 0 Å². The molecule has 2 aromatic heterocycles. The number of H-pyrrole nitrogens is 1. The molecule has 30 heavy (non-hydrogen) atoms. The highest BCUT2D eigenvalue weighted by molar-refractivity contribution is 7.92. The van der Waals surface area contributed by atoms with Crippen molar-refractivity contribution in [2.24, 2.45) is 0 Å². The maximum absolute atomic E-state index is 14.1. The smallest absolute Gasteiger partial charge is 0.419 e. The number of hydrogen-bond acceptors (Lipinski definition) is 4. The van der Waals surface area contributed by atoms with Crippen molar-refractivity contribution in [1.82, 2.24) is 9.97 Å². The van der Waals surface area contributed by atoms with Crippen molar-refractivity contribution in [3.05, 3.63) is 59.7 Å². The number of methoxy groups -OCH3 is 1. The lowest BCUT2D eigenvalue weighted by atomic mass is 10.2. The van der Waals surface area contributed by atoms with Crippen molar-refractivity contribution in [2.45, 2.75) is 11.1 Å². The second-order valence-corrected chi connectivity index (χ2v) is 7.52. The summed E-state index contributed by atoms with van der Waals surface area (Å²) < 4.78 is 111. The van der Waals surface area contributed by atoms with E-state index in [0.29, 0.717) is 0 Å². The van der Waals surface area contributed by atoms with E-state index in [1.807, 2.05) is 0 Å². The summed E-state index contributed by atoms with van der Waals surface area (Å²) in [6.45, 7) is 0. The van der Waals surface area contributed by atoms with Gasteiger partial charge in [0.1, 0.15) is 22.3 Å². The molecule has 0 unspecified atom stereocenters. The highest BCUT2D eigenvalue weighted by Gasteiger charge is 2.35. The van der Waals surface area contributed by atoms with Crippen molar-refractivity contribution < 1.29 is 39.5 Å². The Labute approximate surface area is 165 Å². The summed E-state index contributed by atoms with van der Waals surface area (Å²) in [5.41, 5.74) is -3.16. The van der Waals surface area contributed by atoms with Gasteiger partial charge in [-0.25, -0.2) is 26.6 Å². The Hall–Kier alpha value is -3.22. The largest absolute Gasteiger partial charge is 0.480 e. The van der Waals surface area contributed by atoms with Crippen LogP contribution in [0.2, 0.25) is 0 Å². The van der Waals surface area contributed by atoms with Gasteiger partial charge in [0.25, 0.3) is 10.0 Å². The summed E-state index contributed by atoms with van der Waals surface area (Å²) in [6, 6.07) is 1.88. The van der Waals surface area contributed by atoms with Crippen molar-refractivity contribution in [1.29, 1.82) is 0 Å². The molecule has 0 radical (unpaired) electrons. The number of rotatable bonds is 5. The molecule has 2 heterocycles. The number of ether oxygens (including phenoxy) is 1. The highest BCUT2D eigenvalue weighted by Crippen LogP contribution is 2.35. The first-order chi connectivity index (χ1) is 13.9. The third-order valence-electron chi connectivity index (χ3n) is 3.90. The van der Waals surface area contributed by atoms with Gasteiger partial charge in [0.2, 0.25) is 5.88 Å². The predicted octanol–water partition coefficient (Wildman–Crippen LogP) is 4.32. The van der Waals surface area contributed by atoms with Crippen molar-refractivity contribution in [2.75, 3.05) is 11.8 Å². The zero-order valence-electron chi connectivity index (χ0n) is 14.8. The van der Waals surface area contributed by atoms with Crippen LogP contribution in [0, 0.1) is 17.5 Å². The lowest BCUT2D eigenvalue weighted by molar-refractivity contribution is -0.140. The van der Waals surface area contributed by atoms with Crippen LogP contribution in [-0.4, -0.2) is 25.5 Å². The number of sulfonamides is 1. The molecule has 1 aromatic carbocycles. The van der Waals surface area contributed by atoms with E-state index < -0.39 is 49.8 Å². The van der Waals surface area contributed by atoms with Gasteiger partial charge >= 0.3 is 6.18 Å². The minimum atomic E-state index is -5.16. The monoisotopic (exact) mass is 451 g/mol. The van der Waals surface area contributed by atoms with Crippen LogP contribution in [0.3, 0.4) is 0 Å². The topological polar surface area (TPSA) is 84.1 Å². The number of pyridine rings is 1. The summed E-state index contributed by atoms with van der Waals surface area (Å²) >= 11 is 0. The molecule has 3 aromatic rings. The van der Waals surface area contributed by atoms with E-state index in [0.717, 1.165) is 24.5 Å². The predicted molar refractivity (Wildman–Crippen MR) is 92.7 cm³/mol. The zero-order valence-corrected chi connectivity index (χ0v) is 15.6. The standard InChI is InChI=1S/C17H11F6N3O3S/c1-29-16-15(10(18)2-3-24-16)14-4-8(7-25-14)30(27,28)26-13-6-11(19)9(5-12(13)20)17(21,22)23/h2-7,25-26H,1H3. The van der Waals surface area contributed by atoms with Crippen LogP contribution < -0.4 is 9.46 Å². The Bertz CT molecular complexity index is 1210. The van der Waals surface area contributed by atoms with Gasteiger partial charge in [0, 0.05) is 18.5 Å². The fraction of sp³-hybridized carbons (Fsp3) is 0.118. The molecule has 2 N–H and O–H groups in total. The number of benzene rings is 1. The average molecular weight is 451 g/mol. The molecule has 3 rings (SSSR count). The maximum atomic E-state index is 14.1. The number of aromatic amines is 1. The van der Waals surface area contributed by atoms with Gasteiger partial charge in [-0.3, -0.25) is 4.72 Å². The molecule has 0 saturated carbocycles. The number of nitrogens with one attached hydrogen (secondary N) is 2. The van der Waals surface area contributed by atoms with Crippen LogP contribution in [0.1, 0.15) is 5.56 Å². The Balaban J connectivity index is 1.97. The molecular weight excluding hydrogens is 440 g/mol. The van der Waals surface area contributed by atoms with E-state index in [2.05, 4.69) is 9.97 Å². The fourth-order valence-corrected chi connectivity index (χ4v) is 3.59. The number of anilines is 1. The third-order valence-corrected chi connectivity index (χ3v) is 5.25. The third kappa shape index (κ3) is 4.06. The van der Waals surface area contributed by atoms with E-state index in [9.17, 15) is 34.8 Å². The van der Waals surface area contributed by atoms with E-state index in [-0.39, 0.29) is 29.3 Å². The van der Waals surface area contributed by atoms with E-state index in [1.54, 1.807) is 4.72 Å². The van der Waals surface area contributed by atoms with E-state index >= 15 is 0 Å². The molecule has 0 aliphatic rings. The lowest BCUT2D eigenvalue weighted by Gasteiger charge is -2.12. The number of hydrogen-bond donors (Lipinski definition) is 2. The second kappa shape index (κ2) is 7.55. The molecule has 0 aliphatic carbocycles. The Morgan fingerprint density at radius 2 is 1.77 bits per heavy atom. The van der Waals surface area contributed by atoms with Gasteiger partial charge in [0.15, 0.2) is 0 Å². The number of halogens is 6. The van der Waals surface area contributed by atoms with Gasteiger partial charge in [0.05, 0.1) is 29.6 Å². The molecule has 0 spiro atoms. The van der Waals surface area contributed by atoms with Gasteiger partial charge in [-0.15, -0.1) is 0 Å². The van der Waals surface area contributed by atoms with Gasteiger partial charge in [-0.2, -0.15) is 13.2 Å². The van der Waals surface area contributed by atoms with Crippen molar-refractivity contribution in [3.8, 4) is 17.1 Å². The molecule has 13 heteroatoms. The molecule has 160 valence electrons. The molecule has 0 bridgehead atoms. The average Bonchev–Trinajstić information content (AvgIpc) is 3.13. The molecule has 0 atom stereocenters. The van der Waals surface area contributed by atoms with Crippen LogP contribution in [0.5, 0.6) is 5.88 Å². The SMILES string of the molecule is COc1nccc(F)c1-c1cc(S(=O)(=O)Nc2cc(F)c(C(F)(F)F)cc2F)c[nH]1. The van der Waals surface area contributed by atoms with Crippen LogP contribution in [-0.2, 0) is 16.2 Å². The summed E-state index contributed by atoms with van der Waals surface area (Å²) in [7, 11) is -3.36. The molecule has 0 aliphatic heterocycles. The molecule has 0 amide bonds. The van der Waals surface area contributed by atoms with Crippen LogP contribution >= 0.6 is 0 Å². The summed E-state index contributed by atoms with van der Waals surface area (Å²) in [4.78, 5) is 5.76. The fourth-order valence-electron chi connectivity index (χ4n) is 2.54. The van der Waals surface area contributed by atoms with E-state index in [4.69, 9.17) is 4.74 Å². The molecule has 0 fully saturated rings. The van der Waals surface area contributed by atoms with Gasteiger partial charge in [-0.1, -0.05) is 0 Å². The minimum absolute atomic E-state index is 0.0584. The Morgan fingerprint density at radius 3 is 2.40 bits per heavy atom. The highest BCUT2D eigenvalue weighted by atomic mass is 32.2. The Kier molecular flexibility index (Phi) is 5.41. The summed E-state index contributed by atoms with van der Waals surface area (Å²) in [6.07, 6.45) is -3.12. The second-order valence-electron chi connectivity index (χ2n) is 5.84. The zero-order chi connectivity index (χ0) is 22.3. The first-order valence-corrected chi connectivity index (χ1v) is 9.38. The minimum Gasteiger partial charge on any atom is -0.480 e. The van der Waals surface area contributed by atoms with Crippen LogP contribution in [0.25, 0.3) is 11.3 Å². The first kappa shape index (κ1) is 21.5. The summed E-state index contributed by atoms with van der Waals surface area (Å²) in [5.74, 6) is -4.43. The summed E-state index contributed by atoms with van der Waals surface area (Å²) in [5, 5.41) is 0. The molecule has 6 nitrogen and oxygen atoms in total. The molecular formula is C17H11F6N3O3S. The van der Waals surface area contributed by atoms with Gasteiger partial charge in [-0.05, 0) is 18.2 Å². The van der Waals surface area contributed by atoms with Crippen LogP contribution in [0.15, 0.2) is 41.6 Å². The lowest BCUT2D eigenvalue weighted by Crippen LogP contribution is -2.15.